The number of rotatable bonds is 2. The quantitative estimate of drug-likeness (QED) is 0.716. The van der Waals surface area contributed by atoms with Gasteiger partial charge in [-0.25, -0.2) is 0 Å². The van der Waals surface area contributed by atoms with E-state index < -0.39 is 0 Å². The van der Waals surface area contributed by atoms with Crippen molar-refractivity contribution in [1.82, 2.24) is 0 Å². The third-order valence-corrected chi connectivity index (χ3v) is 2.69. The zero-order valence-electron chi connectivity index (χ0n) is 8.51. The van der Waals surface area contributed by atoms with Gasteiger partial charge in [0, 0.05) is 12.5 Å². The molecule has 0 heterocycles. The summed E-state index contributed by atoms with van der Waals surface area (Å²) in [6.45, 7) is 1.96. The summed E-state index contributed by atoms with van der Waals surface area (Å²) in [7, 11) is 3.19. The van der Waals surface area contributed by atoms with Gasteiger partial charge in [-0.05, 0) is 18.1 Å². The molecule has 2 rings (SSSR count). The van der Waals surface area contributed by atoms with Crippen LogP contribution in [0.3, 0.4) is 0 Å². The molecule has 1 aliphatic carbocycles. The lowest BCUT2D eigenvalue weighted by atomic mass is 9.82. The van der Waals surface area contributed by atoms with E-state index >= 15 is 0 Å². The standard InChI is InChI=1S/C11H12O3/c1-6-7-4-8(12)11(7)10(14-3)5-9(6)13-2/h5H,4H2,1-3H3. The van der Waals surface area contributed by atoms with E-state index in [9.17, 15) is 4.79 Å². The smallest absolute Gasteiger partial charge is 0.171 e. The normalized spacial score (nSPS) is 13.2. The minimum Gasteiger partial charge on any atom is -0.496 e. The maximum atomic E-state index is 11.3. The van der Waals surface area contributed by atoms with Gasteiger partial charge in [-0.15, -0.1) is 0 Å². The topological polar surface area (TPSA) is 35.5 Å². The highest BCUT2D eigenvalue weighted by Crippen LogP contribution is 2.39. The molecule has 14 heavy (non-hydrogen) atoms. The van der Waals surface area contributed by atoms with E-state index in [2.05, 4.69) is 0 Å². The molecular weight excluding hydrogens is 180 g/mol. The first kappa shape index (κ1) is 9.06. The Hall–Kier alpha value is -1.51. The fourth-order valence-electron chi connectivity index (χ4n) is 1.83. The molecule has 74 valence electrons. The number of hydrogen-bond donors (Lipinski definition) is 0. The largest absolute Gasteiger partial charge is 0.496 e. The van der Waals surface area contributed by atoms with E-state index in [1.165, 1.54) is 0 Å². The summed E-state index contributed by atoms with van der Waals surface area (Å²) in [5, 5.41) is 0. The first-order valence-electron chi connectivity index (χ1n) is 4.46. The number of hydrogen-bond acceptors (Lipinski definition) is 3. The van der Waals surface area contributed by atoms with Crippen LogP contribution in [-0.4, -0.2) is 20.0 Å². The fourth-order valence-corrected chi connectivity index (χ4v) is 1.83. The Morgan fingerprint density at radius 3 is 2.36 bits per heavy atom. The maximum absolute atomic E-state index is 11.3. The lowest BCUT2D eigenvalue weighted by Gasteiger charge is -2.24. The van der Waals surface area contributed by atoms with Crippen molar-refractivity contribution in [2.75, 3.05) is 14.2 Å². The van der Waals surface area contributed by atoms with Gasteiger partial charge in [-0.2, -0.15) is 0 Å². The first-order chi connectivity index (χ1) is 6.69. The molecule has 0 saturated heterocycles. The van der Waals surface area contributed by atoms with Crippen LogP contribution >= 0.6 is 0 Å². The average Bonchev–Trinajstić information content (AvgIpc) is 2.18. The second kappa shape index (κ2) is 3.01. The molecule has 3 heteroatoms. The predicted octanol–water partition coefficient (Wildman–Crippen LogP) is 1.75. The molecule has 1 aromatic rings. The minimum absolute atomic E-state index is 0.155. The lowest BCUT2D eigenvalue weighted by molar-refractivity contribution is 0.0963. The zero-order valence-corrected chi connectivity index (χ0v) is 8.51. The Kier molecular flexibility index (Phi) is 1.95. The Morgan fingerprint density at radius 1 is 1.21 bits per heavy atom. The molecule has 0 saturated carbocycles. The third-order valence-electron chi connectivity index (χ3n) is 2.69. The number of methoxy groups -OCH3 is 2. The van der Waals surface area contributed by atoms with Gasteiger partial charge in [0.15, 0.2) is 5.78 Å². The van der Waals surface area contributed by atoms with Gasteiger partial charge >= 0.3 is 0 Å². The van der Waals surface area contributed by atoms with Gasteiger partial charge in [0.25, 0.3) is 0 Å². The SMILES string of the molecule is COc1cc(OC)c2c(c1C)CC2=O. The van der Waals surface area contributed by atoms with Gasteiger partial charge in [-0.3, -0.25) is 4.79 Å². The van der Waals surface area contributed by atoms with Crippen molar-refractivity contribution in [3.63, 3.8) is 0 Å². The number of carbonyl (C=O) groups is 1. The minimum atomic E-state index is 0.155. The molecule has 0 N–H and O–H groups in total. The van der Waals surface area contributed by atoms with Crippen molar-refractivity contribution < 1.29 is 14.3 Å². The second-order valence-electron chi connectivity index (χ2n) is 3.36. The van der Waals surface area contributed by atoms with Crippen LogP contribution in [-0.2, 0) is 6.42 Å². The molecule has 1 aliphatic rings. The Morgan fingerprint density at radius 2 is 1.86 bits per heavy atom. The lowest BCUT2D eigenvalue weighted by Crippen LogP contribution is -2.22. The van der Waals surface area contributed by atoms with Crippen LogP contribution in [0.15, 0.2) is 6.07 Å². The zero-order chi connectivity index (χ0) is 10.3. The third kappa shape index (κ3) is 1.02. The Balaban J connectivity index is 2.64. The van der Waals surface area contributed by atoms with Crippen molar-refractivity contribution in [2.24, 2.45) is 0 Å². The average molecular weight is 192 g/mol. The summed E-state index contributed by atoms with van der Waals surface area (Å²) in [6, 6.07) is 1.77. The molecule has 0 bridgehead atoms. The maximum Gasteiger partial charge on any atom is 0.171 e. The Labute approximate surface area is 82.6 Å². The van der Waals surface area contributed by atoms with E-state index in [0.29, 0.717) is 12.2 Å². The van der Waals surface area contributed by atoms with Crippen LogP contribution in [0.25, 0.3) is 0 Å². The summed E-state index contributed by atoms with van der Waals surface area (Å²) >= 11 is 0. The van der Waals surface area contributed by atoms with Crippen LogP contribution < -0.4 is 9.47 Å². The molecule has 0 radical (unpaired) electrons. The fraction of sp³-hybridized carbons (Fsp3) is 0.364. The summed E-state index contributed by atoms with van der Waals surface area (Å²) in [5.74, 6) is 1.56. The van der Waals surface area contributed by atoms with E-state index in [0.717, 1.165) is 22.4 Å². The number of carbonyl (C=O) groups excluding carboxylic acids is 1. The molecule has 3 nitrogen and oxygen atoms in total. The van der Waals surface area contributed by atoms with E-state index in [1.54, 1.807) is 20.3 Å². The van der Waals surface area contributed by atoms with Gasteiger partial charge < -0.3 is 9.47 Å². The number of ether oxygens (including phenoxy) is 2. The predicted molar refractivity (Wildman–Crippen MR) is 52.3 cm³/mol. The highest BCUT2D eigenvalue weighted by Gasteiger charge is 2.31. The van der Waals surface area contributed by atoms with Crippen LogP contribution in [0.4, 0.5) is 0 Å². The Bertz CT molecular complexity index is 407. The second-order valence-corrected chi connectivity index (χ2v) is 3.36. The van der Waals surface area contributed by atoms with Gasteiger partial charge in [0.2, 0.25) is 0 Å². The van der Waals surface area contributed by atoms with E-state index in [4.69, 9.17) is 9.47 Å². The van der Waals surface area contributed by atoms with Crippen molar-refractivity contribution >= 4 is 5.78 Å². The van der Waals surface area contributed by atoms with Crippen LogP contribution in [0.5, 0.6) is 11.5 Å². The summed E-state index contributed by atoms with van der Waals surface area (Å²) in [4.78, 5) is 11.3. The van der Waals surface area contributed by atoms with E-state index in [1.807, 2.05) is 6.92 Å². The monoisotopic (exact) mass is 192 g/mol. The van der Waals surface area contributed by atoms with Crippen LogP contribution in [0.1, 0.15) is 21.5 Å². The summed E-state index contributed by atoms with van der Waals surface area (Å²) in [6.07, 6.45) is 0.509. The number of fused-ring (bicyclic) bond motifs is 1. The molecule has 1 aromatic carbocycles. The number of Topliss-reactive ketones (excluding diaryl/α,β-unsaturated/α-hetero) is 1. The summed E-state index contributed by atoms with van der Waals surface area (Å²) in [5.41, 5.74) is 2.83. The van der Waals surface area contributed by atoms with Crippen LogP contribution in [0.2, 0.25) is 0 Å². The van der Waals surface area contributed by atoms with Gasteiger partial charge in [0.05, 0.1) is 19.8 Å². The highest BCUT2D eigenvalue weighted by molar-refractivity contribution is 6.09. The molecule has 0 aliphatic heterocycles. The molecule has 0 spiro atoms. The summed E-state index contributed by atoms with van der Waals surface area (Å²) < 4.78 is 10.3. The first-order valence-corrected chi connectivity index (χ1v) is 4.46. The van der Waals surface area contributed by atoms with E-state index in [-0.39, 0.29) is 5.78 Å². The molecule has 0 amide bonds. The van der Waals surface area contributed by atoms with Gasteiger partial charge in [-0.1, -0.05) is 0 Å². The number of benzene rings is 1. The van der Waals surface area contributed by atoms with Crippen molar-refractivity contribution in [2.45, 2.75) is 13.3 Å². The van der Waals surface area contributed by atoms with Crippen molar-refractivity contribution in [3.05, 3.63) is 22.8 Å². The molecule has 0 fully saturated rings. The number of ketones is 1. The molecule has 0 aromatic heterocycles. The van der Waals surface area contributed by atoms with Crippen molar-refractivity contribution in [1.29, 1.82) is 0 Å². The van der Waals surface area contributed by atoms with Crippen LogP contribution in [0, 0.1) is 6.92 Å². The van der Waals surface area contributed by atoms with Crippen molar-refractivity contribution in [3.8, 4) is 11.5 Å². The van der Waals surface area contributed by atoms with Gasteiger partial charge in [0.1, 0.15) is 11.5 Å². The molecular formula is C11H12O3. The highest BCUT2D eigenvalue weighted by atomic mass is 16.5. The molecule has 0 unspecified atom stereocenters. The molecule has 0 atom stereocenters.